The Kier molecular flexibility index (Phi) is 5.00. The van der Waals surface area contributed by atoms with Gasteiger partial charge in [-0.2, -0.15) is 0 Å². The normalized spacial score (nSPS) is 11.2. The minimum atomic E-state index is -0.202. The van der Waals surface area contributed by atoms with Crippen LogP contribution in [0, 0.1) is 5.82 Å². The first-order valence-electron chi connectivity index (χ1n) is 8.39. The van der Waals surface area contributed by atoms with Crippen molar-refractivity contribution >= 4 is 34.3 Å². The molecule has 1 aromatic heterocycles. The van der Waals surface area contributed by atoms with Gasteiger partial charge in [0.1, 0.15) is 5.82 Å². The lowest BCUT2D eigenvalue weighted by molar-refractivity contribution is 0.624. The number of hydrogen-bond donors (Lipinski definition) is 0. The molecule has 26 heavy (non-hydrogen) atoms. The molecule has 0 spiro atoms. The Balaban J connectivity index is 1.64. The predicted molar refractivity (Wildman–Crippen MR) is 108 cm³/mol. The third-order valence-corrected chi connectivity index (χ3v) is 5.80. The maximum atomic E-state index is 13.5. The molecule has 4 aromatic rings. The van der Waals surface area contributed by atoms with Crippen molar-refractivity contribution in [2.75, 3.05) is 0 Å². The fourth-order valence-electron chi connectivity index (χ4n) is 3.06. The molecule has 0 saturated heterocycles. The molecule has 0 unspecified atom stereocenters. The van der Waals surface area contributed by atoms with Gasteiger partial charge in [-0.05, 0) is 35.4 Å². The predicted octanol–water partition coefficient (Wildman–Crippen LogP) is 6.77. The number of nitrogens with zero attached hydrogens (tertiary/aromatic N) is 1. The molecular formula is C22H17ClFNS. The van der Waals surface area contributed by atoms with E-state index < -0.39 is 0 Å². The maximum absolute atomic E-state index is 13.5. The Hall–Kier alpha value is -2.23. The van der Waals surface area contributed by atoms with Crippen molar-refractivity contribution < 1.29 is 4.39 Å². The summed E-state index contributed by atoms with van der Waals surface area (Å²) in [6.45, 7) is 0.644. The van der Waals surface area contributed by atoms with E-state index in [0.717, 1.165) is 27.4 Å². The van der Waals surface area contributed by atoms with Crippen LogP contribution in [-0.2, 0) is 12.3 Å². The fourth-order valence-corrected chi connectivity index (χ4v) is 4.44. The van der Waals surface area contributed by atoms with E-state index in [4.69, 9.17) is 11.6 Å². The van der Waals surface area contributed by atoms with E-state index in [1.54, 1.807) is 23.9 Å². The molecule has 0 radical (unpaired) electrons. The van der Waals surface area contributed by atoms with Gasteiger partial charge in [-0.1, -0.05) is 60.1 Å². The summed E-state index contributed by atoms with van der Waals surface area (Å²) in [4.78, 5) is 1.21. The zero-order valence-electron chi connectivity index (χ0n) is 14.0. The summed E-state index contributed by atoms with van der Waals surface area (Å²) in [5.41, 5.74) is 3.23. The molecular weight excluding hydrogens is 365 g/mol. The monoisotopic (exact) mass is 381 g/mol. The number of thioether (sulfide) groups is 1. The highest BCUT2D eigenvalue weighted by Gasteiger charge is 2.10. The van der Waals surface area contributed by atoms with Gasteiger partial charge >= 0.3 is 0 Å². The summed E-state index contributed by atoms with van der Waals surface area (Å²) in [6, 6.07) is 23.0. The first kappa shape index (κ1) is 17.2. The van der Waals surface area contributed by atoms with Crippen LogP contribution in [0.5, 0.6) is 0 Å². The van der Waals surface area contributed by atoms with Crippen molar-refractivity contribution in [3.8, 4) is 0 Å². The summed E-state index contributed by atoms with van der Waals surface area (Å²) in [6.07, 6.45) is 2.15. The second kappa shape index (κ2) is 7.56. The number of fused-ring (bicyclic) bond motifs is 1. The first-order chi connectivity index (χ1) is 12.7. The molecule has 1 heterocycles. The van der Waals surface area contributed by atoms with E-state index in [-0.39, 0.29) is 5.82 Å². The standard InChI is InChI=1S/C22H17ClFNS/c23-20-10-3-1-7-17(20)15-26-22-14-25(21-11-4-2-9-19(21)22)13-16-6-5-8-18(24)12-16/h1-12,14H,13,15H2. The van der Waals surface area contributed by atoms with Gasteiger partial charge in [-0.25, -0.2) is 4.39 Å². The van der Waals surface area contributed by atoms with Crippen LogP contribution < -0.4 is 0 Å². The Bertz CT molecular complexity index is 1060. The molecule has 4 heteroatoms. The first-order valence-corrected chi connectivity index (χ1v) is 9.75. The Morgan fingerprint density at radius 3 is 2.58 bits per heavy atom. The van der Waals surface area contributed by atoms with Gasteiger partial charge in [0.2, 0.25) is 0 Å². The van der Waals surface area contributed by atoms with Crippen LogP contribution in [0.25, 0.3) is 10.9 Å². The van der Waals surface area contributed by atoms with Crippen LogP contribution in [0.2, 0.25) is 5.02 Å². The van der Waals surface area contributed by atoms with Gasteiger partial charge in [0.25, 0.3) is 0 Å². The third-order valence-electron chi connectivity index (χ3n) is 4.33. The van der Waals surface area contributed by atoms with Crippen LogP contribution in [-0.4, -0.2) is 4.57 Å². The van der Waals surface area contributed by atoms with Gasteiger partial charge in [0.15, 0.2) is 0 Å². The van der Waals surface area contributed by atoms with Gasteiger partial charge < -0.3 is 4.57 Å². The fraction of sp³-hybridized carbons (Fsp3) is 0.0909. The molecule has 0 fully saturated rings. The van der Waals surface area contributed by atoms with Crippen molar-refractivity contribution in [3.63, 3.8) is 0 Å². The molecule has 0 aliphatic carbocycles. The summed E-state index contributed by atoms with van der Waals surface area (Å²) in [5.74, 6) is 0.612. The molecule has 3 aromatic carbocycles. The van der Waals surface area contributed by atoms with Crippen LogP contribution in [0.1, 0.15) is 11.1 Å². The number of halogens is 2. The smallest absolute Gasteiger partial charge is 0.123 e. The molecule has 0 aliphatic rings. The van der Waals surface area contributed by atoms with Crippen LogP contribution in [0.3, 0.4) is 0 Å². The highest BCUT2D eigenvalue weighted by Crippen LogP contribution is 2.33. The van der Waals surface area contributed by atoms with Gasteiger partial charge in [0, 0.05) is 39.3 Å². The largest absolute Gasteiger partial charge is 0.342 e. The van der Waals surface area contributed by atoms with Crippen LogP contribution >= 0.6 is 23.4 Å². The SMILES string of the molecule is Fc1cccc(Cn2cc(SCc3ccccc3Cl)c3ccccc32)c1. The Morgan fingerprint density at radius 1 is 0.923 bits per heavy atom. The topological polar surface area (TPSA) is 4.93 Å². The van der Waals surface area contributed by atoms with Gasteiger partial charge in [-0.15, -0.1) is 11.8 Å². The minimum Gasteiger partial charge on any atom is -0.342 e. The van der Waals surface area contributed by atoms with E-state index in [1.807, 2.05) is 30.3 Å². The molecule has 1 nitrogen and oxygen atoms in total. The van der Waals surface area contributed by atoms with Crippen molar-refractivity contribution in [1.82, 2.24) is 4.57 Å². The van der Waals surface area contributed by atoms with Gasteiger partial charge in [-0.3, -0.25) is 0 Å². The second-order valence-corrected chi connectivity index (χ2v) is 7.57. The van der Waals surface area contributed by atoms with Crippen LogP contribution in [0.4, 0.5) is 4.39 Å². The van der Waals surface area contributed by atoms with Crippen molar-refractivity contribution in [2.45, 2.75) is 17.2 Å². The minimum absolute atomic E-state index is 0.202. The zero-order valence-corrected chi connectivity index (χ0v) is 15.6. The average molecular weight is 382 g/mol. The third kappa shape index (κ3) is 3.64. The second-order valence-electron chi connectivity index (χ2n) is 6.15. The van der Waals surface area contributed by atoms with E-state index in [9.17, 15) is 4.39 Å². The molecule has 0 amide bonds. The maximum Gasteiger partial charge on any atom is 0.123 e. The molecule has 0 atom stereocenters. The molecule has 130 valence electrons. The number of aromatic nitrogens is 1. The molecule has 0 bridgehead atoms. The summed E-state index contributed by atoms with van der Waals surface area (Å²) in [7, 11) is 0. The zero-order chi connectivity index (χ0) is 17.9. The lowest BCUT2D eigenvalue weighted by atomic mass is 10.2. The Labute approximate surface area is 161 Å². The van der Waals surface area contributed by atoms with E-state index >= 15 is 0 Å². The quantitative estimate of drug-likeness (QED) is 0.345. The number of hydrogen-bond acceptors (Lipinski definition) is 1. The summed E-state index contributed by atoms with van der Waals surface area (Å²) < 4.78 is 15.7. The Morgan fingerprint density at radius 2 is 1.73 bits per heavy atom. The van der Waals surface area contributed by atoms with E-state index in [2.05, 4.69) is 35.0 Å². The average Bonchev–Trinajstić information content (AvgIpc) is 2.99. The highest BCUT2D eigenvalue weighted by atomic mass is 35.5. The van der Waals surface area contributed by atoms with E-state index in [1.165, 1.54) is 16.3 Å². The molecule has 0 N–H and O–H groups in total. The number of benzene rings is 3. The lowest BCUT2D eigenvalue weighted by Gasteiger charge is -2.05. The van der Waals surface area contributed by atoms with Crippen molar-refractivity contribution in [3.05, 3.63) is 101 Å². The van der Waals surface area contributed by atoms with Crippen molar-refractivity contribution in [2.24, 2.45) is 0 Å². The number of para-hydroxylation sites is 1. The highest BCUT2D eigenvalue weighted by molar-refractivity contribution is 7.98. The molecule has 4 rings (SSSR count). The van der Waals surface area contributed by atoms with E-state index in [0.29, 0.717) is 6.54 Å². The van der Waals surface area contributed by atoms with Crippen molar-refractivity contribution in [1.29, 1.82) is 0 Å². The summed E-state index contributed by atoms with van der Waals surface area (Å²) >= 11 is 8.05. The number of rotatable bonds is 5. The van der Waals surface area contributed by atoms with Gasteiger partial charge in [0.05, 0.1) is 0 Å². The lowest BCUT2D eigenvalue weighted by Crippen LogP contribution is -1.98. The van der Waals surface area contributed by atoms with Crippen LogP contribution in [0.15, 0.2) is 83.9 Å². The summed E-state index contributed by atoms with van der Waals surface area (Å²) in [5, 5.41) is 2.00. The molecule has 0 aliphatic heterocycles. The molecule has 0 saturated carbocycles.